The van der Waals surface area contributed by atoms with Crippen LogP contribution < -0.4 is 10.1 Å². The van der Waals surface area contributed by atoms with Gasteiger partial charge in [0.15, 0.2) is 11.6 Å². The summed E-state index contributed by atoms with van der Waals surface area (Å²) in [4.78, 5) is 28.2. The molecule has 1 aliphatic carbocycles. The molecule has 0 amide bonds. The minimum Gasteiger partial charge on any atom is -0.497 e. The van der Waals surface area contributed by atoms with Crippen molar-refractivity contribution in [3.05, 3.63) is 75.5 Å². The summed E-state index contributed by atoms with van der Waals surface area (Å²) in [6, 6.07) is 13.3. The van der Waals surface area contributed by atoms with Crippen LogP contribution in [0.2, 0.25) is 0 Å². The Balaban J connectivity index is 1.64. The summed E-state index contributed by atoms with van der Waals surface area (Å²) in [7, 11) is 1.60. The quantitative estimate of drug-likeness (QED) is 0.506. The molecule has 9 nitrogen and oxygen atoms in total. The van der Waals surface area contributed by atoms with Gasteiger partial charge in [0.2, 0.25) is 5.95 Å². The lowest BCUT2D eigenvalue weighted by atomic mass is 9.85. The van der Waals surface area contributed by atoms with Crippen molar-refractivity contribution in [2.45, 2.75) is 25.3 Å². The summed E-state index contributed by atoms with van der Waals surface area (Å²) in [5.41, 5.74) is 2.96. The van der Waals surface area contributed by atoms with E-state index in [1.165, 1.54) is 12.1 Å². The van der Waals surface area contributed by atoms with Crippen LogP contribution in [0.25, 0.3) is 11.4 Å². The molecular weight excluding hydrogens is 398 g/mol. The number of nitrogens with one attached hydrogen (secondary N) is 1. The van der Waals surface area contributed by atoms with Gasteiger partial charge in [-0.3, -0.25) is 14.9 Å². The molecule has 0 bridgehead atoms. The second-order valence-electron chi connectivity index (χ2n) is 7.48. The van der Waals surface area contributed by atoms with Crippen molar-refractivity contribution in [1.82, 2.24) is 14.8 Å². The molecule has 1 unspecified atom stereocenters. The van der Waals surface area contributed by atoms with Crippen molar-refractivity contribution >= 4 is 17.4 Å². The minimum absolute atomic E-state index is 0.0301. The van der Waals surface area contributed by atoms with Gasteiger partial charge >= 0.3 is 0 Å². The fourth-order valence-electron chi connectivity index (χ4n) is 4.13. The number of nitrogens with zero attached hydrogens (tertiary/aromatic N) is 4. The van der Waals surface area contributed by atoms with Crippen LogP contribution in [-0.4, -0.2) is 32.6 Å². The number of anilines is 1. The van der Waals surface area contributed by atoms with Crippen LogP contribution in [-0.2, 0) is 4.79 Å². The number of Topliss-reactive ketones (excluding diaryl/α,β-unsaturated/α-hetero) is 1. The predicted octanol–water partition coefficient (Wildman–Crippen LogP) is 3.88. The van der Waals surface area contributed by atoms with E-state index in [0.717, 1.165) is 29.9 Å². The van der Waals surface area contributed by atoms with Gasteiger partial charge in [-0.2, -0.15) is 4.98 Å². The Labute approximate surface area is 177 Å². The fraction of sp³-hybridized carbons (Fsp3) is 0.227. The van der Waals surface area contributed by atoms with Crippen molar-refractivity contribution < 1.29 is 14.5 Å². The Morgan fingerprint density at radius 2 is 2.00 bits per heavy atom. The number of hydrogen-bond donors (Lipinski definition) is 1. The van der Waals surface area contributed by atoms with E-state index in [1.54, 1.807) is 23.9 Å². The second kappa shape index (κ2) is 7.35. The smallest absolute Gasteiger partial charge is 0.270 e. The molecule has 0 radical (unpaired) electrons. The molecule has 1 N–H and O–H groups in total. The van der Waals surface area contributed by atoms with Crippen LogP contribution in [0, 0.1) is 10.1 Å². The first-order valence-electron chi connectivity index (χ1n) is 9.94. The summed E-state index contributed by atoms with van der Waals surface area (Å²) < 4.78 is 6.96. The molecule has 0 saturated heterocycles. The summed E-state index contributed by atoms with van der Waals surface area (Å²) in [6.45, 7) is 0. The highest BCUT2D eigenvalue weighted by Gasteiger charge is 2.37. The third-order valence-corrected chi connectivity index (χ3v) is 5.61. The lowest BCUT2D eigenvalue weighted by molar-refractivity contribution is -0.384. The Bertz CT molecular complexity index is 1230. The average molecular weight is 417 g/mol. The summed E-state index contributed by atoms with van der Waals surface area (Å²) in [6.07, 6.45) is 2.04. The van der Waals surface area contributed by atoms with Gasteiger partial charge in [0.1, 0.15) is 11.8 Å². The zero-order valence-electron chi connectivity index (χ0n) is 16.7. The van der Waals surface area contributed by atoms with Crippen LogP contribution in [0.5, 0.6) is 5.75 Å². The van der Waals surface area contributed by atoms with Crippen LogP contribution in [0.4, 0.5) is 11.6 Å². The van der Waals surface area contributed by atoms with E-state index < -0.39 is 11.0 Å². The third kappa shape index (κ3) is 3.24. The Kier molecular flexibility index (Phi) is 4.50. The van der Waals surface area contributed by atoms with E-state index >= 15 is 0 Å². The molecule has 2 aromatic carbocycles. The highest BCUT2D eigenvalue weighted by atomic mass is 16.6. The molecule has 2 aliphatic rings. The van der Waals surface area contributed by atoms with E-state index in [9.17, 15) is 14.9 Å². The first kappa shape index (κ1) is 19.0. The van der Waals surface area contributed by atoms with E-state index in [0.29, 0.717) is 29.3 Å². The highest BCUT2D eigenvalue weighted by molar-refractivity contribution is 5.99. The molecular formula is C22H19N5O4. The van der Waals surface area contributed by atoms with Crippen molar-refractivity contribution in [3.8, 4) is 17.1 Å². The number of ketones is 1. The summed E-state index contributed by atoms with van der Waals surface area (Å²) >= 11 is 0. The molecule has 156 valence electrons. The predicted molar refractivity (Wildman–Crippen MR) is 113 cm³/mol. The molecule has 1 aliphatic heterocycles. The van der Waals surface area contributed by atoms with Crippen LogP contribution >= 0.6 is 0 Å². The SMILES string of the molecule is COc1ccc(C2C3=C(CCCC3=O)Nc3nc(-c4cccc([N+](=O)[O-])c4)nn32)cc1. The molecule has 0 saturated carbocycles. The number of aromatic nitrogens is 3. The number of carbonyl (C=O) groups is 1. The minimum atomic E-state index is -0.448. The number of nitro benzene ring substituents is 1. The zero-order valence-corrected chi connectivity index (χ0v) is 16.7. The van der Waals surface area contributed by atoms with Crippen molar-refractivity contribution in [2.75, 3.05) is 12.4 Å². The molecule has 0 fully saturated rings. The molecule has 31 heavy (non-hydrogen) atoms. The number of allylic oxidation sites excluding steroid dienone is 2. The number of fused-ring (bicyclic) bond motifs is 1. The maximum Gasteiger partial charge on any atom is 0.270 e. The Morgan fingerprint density at radius 3 is 2.74 bits per heavy atom. The van der Waals surface area contributed by atoms with Gasteiger partial charge in [0.05, 0.1) is 12.0 Å². The van der Waals surface area contributed by atoms with Crippen molar-refractivity contribution in [1.29, 1.82) is 0 Å². The maximum atomic E-state index is 12.9. The van der Waals surface area contributed by atoms with Gasteiger partial charge in [-0.05, 0) is 30.5 Å². The van der Waals surface area contributed by atoms with Gasteiger partial charge in [0, 0.05) is 35.4 Å². The number of ether oxygens (including phenoxy) is 1. The van der Waals surface area contributed by atoms with Crippen LogP contribution in [0.15, 0.2) is 59.8 Å². The summed E-state index contributed by atoms with van der Waals surface area (Å²) in [5, 5.41) is 19.1. The first-order chi connectivity index (χ1) is 15.0. The number of methoxy groups -OCH3 is 1. The molecule has 3 aromatic rings. The molecule has 0 spiro atoms. The highest BCUT2D eigenvalue weighted by Crippen LogP contribution is 2.41. The van der Waals surface area contributed by atoms with E-state index in [1.807, 2.05) is 24.3 Å². The number of carbonyl (C=O) groups excluding carboxylic acids is 1. The largest absolute Gasteiger partial charge is 0.497 e. The monoisotopic (exact) mass is 417 g/mol. The number of nitro groups is 1. The standard InChI is InChI=1S/C22H19N5O4/c1-31-16-10-8-13(9-11-16)20-19-17(6-3-7-18(19)28)23-22-24-21(25-26(20)22)14-4-2-5-15(12-14)27(29)30/h2,4-5,8-12,20H,3,6-7H2,1H3,(H,23,24,25). The van der Waals surface area contributed by atoms with Gasteiger partial charge in [0.25, 0.3) is 5.69 Å². The van der Waals surface area contributed by atoms with Crippen LogP contribution in [0.3, 0.4) is 0 Å². The molecule has 1 atom stereocenters. The average Bonchev–Trinajstić information content (AvgIpc) is 3.22. The Hall–Kier alpha value is -4.01. The second-order valence-corrected chi connectivity index (χ2v) is 7.48. The number of rotatable bonds is 4. The molecule has 2 heterocycles. The fourth-order valence-corrected chi connectivity index (χ4v) is 4.13. The number of hydrogen-bond acceptors (Lipinski definition) is 7. The first-order valence-corrected chi connectivity index (χ1v) is 9.94. The molecule has 1 aromatic heterocycles. The number of benzene rings is 2. The molecule has 5 rings (SSSR count). The van der Waals surface area contributed by atoms with Gasteiger partial charge in [-0.15, -0.1) is 5.10 Å². The lowest BCUT2D eigenvalue weighted by Crippen LogP contribution is -2.31. The topological polar surface area (TPSA) is 112 Å². The summed E-state index contributed by atoms with van der Waals surface area (Å²) in [5.74, 6) is 1.68. The van der Waals surface area contributed by atoms with Crippen molar-refractivity contribution in [3.63, 3.8) is 0 Å². The van der Waals surface area contributed by atoms with Crippen LogP contribution in [0.1, 0.15) is 30.9 Å². The van der Waals surface area contributed by atoms with Gasteiger partial charge in [-0.1, -0.05) is 24.3 Å². The Morgan fingerprint density at radius 1 is 1.19 bits per heavy atom. The number of non-ortho nitro benzene ring substituents is 1. The zero-order chi connectivity index (χ0) is 21.5. The van der Waals surface area contributed by atoms with Gasteiger partial charge in [-0.25, -0.2) is 4.68 Å². The maximum absolute atomic E-state index is 12.9. The van der Waals surface area contributed by atoms with Gasteiger partial charge < -0.3 is 10.1 Å². The lowest BCUT2D eigenvalue weighted by Gasteiger charge is -2.32. The van der Waals surface area contributed by atoms with E-state index in [2.05, 4.69) is 15.4 Å². The normalized spacial score (nSPS) is 17.6. The van der Waals surface area contributed by atoms with E-state index in [-0.39, 0.29) is 11.5 Å². The van der Waals surface area contributed by atoms with E-state index in [4.69, 9.17) is 4.74 Å². The van der Waals surface area contributed by atoms with Crippen molar-refractivity contribution in [2.24, 2.45) is 0 Å². The third-order valence-electron chi connectivity index (χ3n) is 5.61. The molecule has 9 heteroatoms.